The maximum Gasteiger partial charge on any atom is 0.323 e. The number of hydrogen-bond donors (Lipinski definition) is 1. The largest absolute Gasteiger partial charge is 0.461 e. The van der Waals surface area contributed by atoms with E-state index in [0.29, 0.717) is 13.0 Å². The van der Waals surface area contributed by atoms with Gasteiger partial charge in [0.15, 0.2) is 0 Å². The first kappa shape index (κ1) is 12.5. The van der Waals surface area contributed by atoms with Crippen molar-refractivity contribution in [1.82, 2.24) is 0 Å². The lowest BCUT2D eigenvalue weighted by Gasteiger charge is -2.15. The fraction of sp³-hybridized carbons (Fsp3) is 0.909. The molecule has 0 amide bonds. The molecule has 0 aromatic rings. The molecular weight excluding hydrogens is 194 g/mol. The van der Waals surface area contributed by atoms with E-state index in [-0.39, 0.29) is 12.1 Å². The molecule has 0 aliphatic heterocycles. The highest BCUT2D eigenvalue weighted by atomic mass is 16.5. The van der Waals surface area contributed by atoms with Gasteiger partial charge in [0.2, 0.25) is 0 Å². The Bertz CT molecular complexity index is 190. The van der Waals surface area contributed by atoms with Crippen LogP contribution in [0.25, 0.3) is 0 Å². The van der Waals surface area contributed by atoms with Crippen LogP contribution in [0, 0.1) is 0 Å². The maximum atomic E-state index is 11.5. The van der Waals surface area contributed by atoms with Crippen molar-refractivity contribution in [3.63, 3.8) is 0 Å². The molecule has 1 atom stereocenters. The number of rotatable bonds is 6. The normalized spacial score (nSPS) is 19.1. The van der Waals surface area contributed by atoms with Gasteiger partial charge >= 0.3 is 5.97 Å². The zero-order chi connectivity index (χ0) is 11.1. The second-order valence-electron chi connectivity index (χ2n) is 4.08. The topological polar surface area (TPSA) is 61.5 Å². The van der Waals surface area contributed by atoms with Crippen molar-refractivity contribution in [2.45, 2.75) is 50.7 Å². The summed E-state index contributed by atoms with van der Waals surface area (Å²) in [5, 5.41) is 0. The molecule has 1 saturated carbocycles. The molecule has 0 spiro atoms. The first-order valence-corrected chi connectivity index (χ1v) is 5.69. The van der Waals surface area contributed by atoms with Gasteiger partial charge < -0.3 is 15.2 Å². The Morgan fingerprint density at radius 3 is 2.73 bits per heavy atom. The maximum absolute atomic E-state index is 11.5. The summed E-state index contributed by atoms with van der Waals surface area (Å²) in [4.78, 5) is 11.5. The Hall–Kier alpha value is -0.610. The Kier molecular flexibility index (Phi) is 5.65. The third kappa shape index (κ3) is 4.62. The smallest absolute Gasteiger partial charge is 0.323 e. The van der Waals surface area contributed by atoms with Gasteiger partial charge in [0.25, 0.3) is 0 Å². The van der Waals surface area contributed by atoms with Crippen molar-refractivity contribution in [2.24, 2.45) is 5.73 Å². The quantitative estimate of drug-likeness (QED) is 0.534. The van der Waals surface area contributed by atoms with E-state index >= 15 is 0 Å². The summed E-state index contributed by atoms with van der Waals surface area (Å²) < 4.78 is 10.2. The van der Waals surface area contributed by atoms with Crippen LogP contribution in [-0.4, -0.2) is 31.8 Å². The lowest BCUT2D eigenvalue weighted by atomic mass is 10.2. The van der Waals surface area contributed by atoms with Gasteiger partial charge in [-0.1, -0.05) is 0 Å². The summed E-state index contributed by atoms with van der Waals surface area (Å²) in [6, 6.07) is -0.485. The summed E-state index contributed by atoms with van der Waals surface area (Å²) in [5.74, 6) is -0.252. The highest BCUT2D eigenvalue weighted by Gasteiger charge is 2.22. The van der Waals surface area contributed by atoms with Crippen molar-refractivity contribution in [3.05, 3.63) is 0 Å². The van der Waals surface area contributed by atoms with E-state index in [9.17, 15) is 4.79 Å². The lowest BCUT2D eigenvalue weighted by Crippen LogP contribution is -2.34. The van der Waals surface area contributed by atoms with Crippen LogP contribution in [-0.2, 0) is 14.3 Å². The molecule has 0 radical (unpaired) electrons. The molecular formula is C11H21NO3. The van der Waals surface area contributed by atoms with Gasteiger partial charge in [-0.05, 0) is 38.5 Å². The highest BCUT2D eigenvalue weighted by Crippen LogP contribution is 2.21. The molecule has 1 rings (SSSR count). The van der Waals surface area contributed by atoms with Gasteiger partial charge in [0, 0.05) is 13.7 Å². The minimum atomic E-state index is -0.485. The molecule has 2 N–H and O–H groups in total. The summed E-state index contributed by atoms with van der Waals surface area (Å²) in [5.41, 5.74) is 5.71. The van der Waals surface area contributed by atoms with E-state index in [1.807, 2.05) is 0 Å². The van der Waals surface area contributed by atoms with Crippen LogP contribution in [0.1, 0.15) is 38.5 Å². The van der Waals surface area contributed by atoms with Crippen molar-refractivity contribution >= 4 is 5.97 Å². The average Bonchev–Trinajstić information content (AvgIpc) is 2.70. The van der Waals surface area contributed by atoms with Gasteiger partial charge in [-0.25, -0.2) is 0 Å². The fourth-order valence-corrected chi connectivity index (χ4v) is 1.82. The number of carbonyl (C=O) groups excluding carboxylic acids is 1. The van der Waals surface area contributed by atoms with E-state index in [1.54, 1.807) is 7.11 Å². The minimum absolute atomic E-state index is 0.117. The second kappa shape index (κ2) is 6.80. The second-order valence-corrected chi connectivity index (χ2v) is 4.08. The van der Waals surface area contributed by atoms with E-state index in [2.05, 4.69) is 0 Å². The fourth-order valence-electron chi connectivity index (χ4n) is 1.82. The molecule has 0 aromatic carbocycles. The van der Waals surface area contributed by atoms with E-state index in [4.69, 9.17) is 15.2 Å². The van der Waals surface area contributed by atoms with E-state index < -0.39 is 6.04 Å². The Morgan fingerprint density at radius 1 is 1.47 bits per heavy atom. The number of nitrogens with two attached hydrogens (primary N) is 1. The SMILES string of the molecule is COCCCC(N)C(=O)OC1CCCC1. The molecule has 1 unspecified atom stereocenters. The third-order valence-electron chi connectivity index (χ3n) is 2.75. The van der Waals surface area contributed by atoms with Crippen molar-refractivity contribution in [1.29, 1.82) is 0 Å². The number of carbonyl (C=O) groups is 1. The molecule has 4 nitrogen and oxygen atoms in total. The Balaban J connectivity index is 2.14. The first-order valence-electron chi connectivity index (χ1n) is 5.69. The molecule has 0 aromatic heterocycles. The van der Waals surface area contributed by atoms with Crippen molar-refractivity contribution in [2.75, 3.05) is 13.7 Å². The number of ether oxygens (including phenoxy) is 2. The van der Waals surface area contributed by atoms with Crippen LogP contribution in [0.2, 0.25) is 0 Å². The molecule has 1 aliphatic carbocycles. The van der Waals surface area contributed by atoms with Crippen LogP contribution >= 0.6 is 0 Å². The van der Waals surface area contributed by atoms with E-state index in [1.165, 1.54) is 0 Å². The van der Waals surface area contributed by atoms with Gasteiger partial charge in [-0.15, -0.1) is 0 Å². The van der Waals surface area contributed by atoms with Crippen LogP contribution in [0.3, 0.4) is 0 Å². The predicted molar refractivity (Wildman–Crippen MR) is 57.4 cm³/mol. The minimum Gasteiger partial charge on any atom is -0.461 e. The highest BCUT2D eigenvalue weighted by molar-refractivity contribution is 5.75. The zero-order valence-corrected chi connectivity index (χ0v) is 9.41. The third-order valence-corrected chi connectivity index (χ3v) is 2.75. The molecule has 4 heteroatoms. The van der Waals surface area contributed by atoms with Gasteiger partial charge in [0.05, 0.1) is 0 Å². The molecule has 1 aliphatic rings. The standard InChI is InChI=1S/C11H21NO3/c1-14-8-4-7-10(12)11(13)15-9-5-2-3-6-9/h9-10H,2-8,12H2,1H3. The number of esters is 1. The predicted octanol–water partition coefficient (Wildman–Crippen LogP) is 1.23. The average molecular weight is 215 g/mol. The number of hydrogen-bond acceptors (Lipinski definition) is 4. The van der Waals surface area contributed by atoms with Crippen molar-refractivity contribution < 1.29 is 14.3 Å². The first-order chi connectivity index (χ1) is 7.24. The zero-order valence-electron chi connectivity index (χ0n) is 9.41. The van der Waals surface area contributed by atoms with Crippen molar-refractivity contribution in [3.8, 4) is 0 Å². The monoisotopic (exact) mass is 215 g/mol. The van der Waals surface area contributed by atoms with Crippen LogP contribution < -0.4 is 5.73 Å². The summed E-state index contributed by atoms with van der Waals surface area (Å²) in [6.45, 7) is 0.643. The van der Waals surface area contributed by atoms with Gasteiger partial charge in [-0.3, -0.25) is 4.79 Å². The van der Waals surface area contributed by atoms with Gasteiger partial charge in [-0.2, -0.15) is 0 Å². The lowest BCUT2D eigenvalue weighted by molar-refractivity contribution is -0.150. The molecule has 0 bridgehead atoms. The molecule has 88 valence electrons. The van der Waals surface area contributed by atoms with Crippen LogP contribution in [0.15, 0.2) is 0 Å². The van der Waals surface area contributed by atoms with Crippen LogP contribution in [0.5, 0.6) is 0 Å². The number of methoxy groups -OCH3 is 1. The van der Waals surface area contributed by atoms with E-state index in [0.717, 1.165) is 32.1 Å². The molecule has 15 heavy (non-hydrogen) atoms. The molecule has 0 heterocycles. The summed E-state index contributed by atoms with van der Waals surface area (Å²) in [6.07, 6.45) is 5.88. The molecule has 1 fully saturated rings. The molecule has 0 saturated heterocycles. The van der Waals surface area contributed by atoms with Crippen LogP contribution in [0.4, 0.5) is 0 Å². The Labute approximate surface area is 91.1 Å². The summed E-state index contributed by atoms with van der Waals surface area (Å²) in [7, 11) is 1.64. The summed E-state index contributed by atoms with van der Waals surface area (Å²) >= 11 is 0. The van der Waals surface area contributed by atoms with Gasteiger partial charge in [0.1, 0.15) is 12.1 Å². The Morgan fingerprint density at radius 2 is 2.13 bits per heavy atom.